The summed E-state index contributed by atoms with van der Waals surface area (Å²) in [6.07, 6.45) is -2.87. The summed E-state index contributed by atoms with van der Waals surface area (Å²) in [4.78, 5) is 10.9. The Balaban J connectivity index is 1.74. The number of morpholine rings is 1. The molecule has 170 valence electrons. The number of benzene rings is 1. The van der Waals surface area contributed by atoms with Crippen LogP contribution < -0.4 is 10.6 Å². The van der Waals surface area contributed by atoms with E-state index in [1.165, 1.54) is 6.33 Å². The summed E-state index contributed by atoms with van der Waals surface area (Å²) in [6, 6.07) is 5.25. The van der Waals surface area contributed by atoms with Crippen molar-refractivity contribution in [2.75, 3.05) is 39.4 Å². The Hall–Kier alpha value is -2.66. The Bertz CT molecular complexity index is 845. The summed E-state index contributed by atoms with van der Waals surface area (Å²) >= 11 is 0. The molecule has 1 aromatic carbocycles. The summed E-state index contributed by atoms with van der Waals surface area (Å²) < 4.78 is 46.0. The number of nitrogens with zero attached hydrogens (tertiary/aromatic N) is 5. The maximum absolute atomic E-state index is 13.0. The lowest BCUT2D eigenvalue weighted by atomic mass is 10.0. The Morgan fingerprint density at radius 3 is 2.48 bits per heavy atom. The molecular formula is C20H28F3N7O. The molecule has 0 saturated carbocycles. The van der Waals surface area contributed by atoms with Gasteiger partial charge in [0.2, 0.25) is 0 Å². The Kier molecular flexibility index (Phi) is 7.85. The van der Waals surface area contributed by atoms with Gasteiger partial charge in [-0.1, -0.05) is 12.1 Å². The van der Waals surface area contributed by atoms with Gasteiger partial charge in [0.05, 0.1) is 24.8 Å². The first-order valence-corrected chi connectivity index (χ1v) is 10.2. The third-order valence-corrected chi connectivity index (χ3v) is 5.10. The molecule has 1 atom stereocenters. The smallest absolute Gasteiger partial charge is 0.379 e. The zero-order chi connectivity index (χ0) is 22.3. The van der Waals surface area contributed by atoms with E-state index >= 15 is 0 Å². The number of aliphatic imine (C=N–C) groups is 1. The van der Waals surface area contributed by atoms with Crippen LogP contribution >= 0.6 is 0 Å². The Labute approximate surface area is 179 Å². The Morgan fingerprint density at radius 2 is 1.90 bits per heavy atom. The minimum atomic E-state index is -4.35. The molecule has 2 aromatic rings. The highest BCUT2D eigenvalue weighted by atomic mass is 19.4. The third-order valence-electron chi connectivity index (χ3n) is 5.10. The molecule has 1 aliphatic heterocycles. The molecule has 1 saturated heterocycles. The molecule has 1 aromatic heterocycles. The second kappa shape index (κ2) is 10.6. The molecule has 0 radical (unpaired) electrons. The largest absolute Gasteiger partial charge is 0.416 e. The van der Waals surface area contributed by atoms with Crippen molar-refractivity contribution in [2.24, 2.45) is 12.0 Å². The second-order valence-electron chi connectivity index (χ2n) is 7.16. The van der Waals surface area contributed by atoms with Crippen molar-refractivity contribution < 1.29 is 17.9 Å². The number of aryl methyl sites for hydroxylation is 1. The number of hydrogen-bond donors (Lipinski definition) is 2. The highest BCUT2D eigenvalue weighted by Gasteiger charge is 2.31. The minimum Gasteiger partial charge on any atom is -0.379 e. The Morgan fingerprint density at radius 1 is 1.19 bits per heavy atom. The number of ether oxygens (including phenoxy) is 1. The van der Waals surface area contributed by atoms with Crippen molar-refractivity contribution >= 4 is 5.96 Å². The zero-order valence-corrected chi connectivity index (χ0v) is 17.7. The highest BCUT2D eigenvalue weighted by molar-refractivity contribution is 5.79. The van der Waals surface area contributed by atoms with Gasteiger partial charge in [0, 0.05) is 33.2 Å². The molecular weight excluding hydrogens is 411 g/mol. The molecule has 2 heterocycles. The number of halogens is 3. The summed E-state index contributed by atoms with van der Waals surface area (Å²) in [6.45, 7) is 6.08. The summed E-state index contributed by atoms with van der Waals surface area (Å²) in [5, 5.41) is 10.5. The third kappa shape index (κ3) is 6.41. The fraction of sp³-hybridized carbons (Fsp3) is 0.550. The van der Waals surface area contributed by atoms with Gasteiger partial charge < -0.3 is 15.4 Å². The number of hydrogen-bond acceptors (Lipinski definition) is 5. The van der Waals surface area contributed by atoms with Crippen molar-refractivity contribution in [1.29, 1.82) is 0 Å². The van der Waals surface area contributed by atoms with Crippen molar-refractivity contribution in [3.8, 4) is 0 Å². The fourth-order valence-corrected chi connectivity index (χ4v) is 3.39. The predicted octanol–water partition coefficient (Wildman–Crippen LogP) is 1.96. The lowest BCUT2D eigenvalue weighted by molar-refractivity contribution is -0.137. The van der Waals surface area contributed by atoms with Crippen molar-refractivity contribution in [1.82, 2.24) is 30.3 Å². The van der Waals surface area contributed by atoms with Gasteiger partial charge in [-0.05, 0) is 24.6 Å². The van der Waals surface area contributed by atoms with Crippen LogP contribution in [0, 0.1) is 0 Å². The molecule has 8 nitrogen and oxygen atoms in total. The zero-order valence-electron chi connectivity index (χ0n) is 17.7. The molecule has 0 amide bonds. The van der Waals surface area contributed by atoms with E-state index in [4.69, 9.17) is 4.74 Å². The van der Waals surface area contributed by atoms with Crippen LogP contribution in [-0.4, -0.2) is 65.0 Å². The van der Waals surface area contributed by atoms with Gasteiger partial charge in [0.25, 0.3) is 0 Å². The minimum absolute atomic E-state index is 0.120. The normalized spacial score (nSPS) is 16.9. The van der Waals surface area contributed by atoms with Crippen molar-refractivity contribution in [3.05, 3.63) is 47.5 Å². The number of guanidine groups is 1. The van der Waals surface area contributed by atoms with Crippen LogP contribution in [0.3, 0.4) is 0 Å². The average Bonchev–Trinajstić information content (AvgIpc) is 3.17. The molecule has 1 aliphatic rings. The number of rotatable bonds is 7. The van der Waals surface area contributed by atoms with Gasteiger partial charge in [0.1, 0.15) is 18.7 Å². The molecule has 1 fully saturated rings. The number of nitrogens with one attached hydrogen (secondary N) is 2. The van der Waals surface area contributed by atoms with Crippen LogP contribution in [0.25, 0.3) is 0 Å². The topological polar surface area (TPSA) is 79.6 Å². The molecule has 31 heavy (non-hydrogen) atoms. The molecule has 0 spiro atoms. The summed E-state index contributed by atoms with van der Waals surface area (Å²) in [5.74, 6) is 1.33. The lowest BCUT2D eigenvalue weighted by Crippen LogP contribution is -2.46. The van der Waals surface area contributed by atoms with E-state index in [2.05, 4.69) is 30.6 Å². The van der Waals surface area contributed by atoms with Crippen molar-refractivity contribution in [2.45, 2.75) is 25.7 Å². The number of alkyl halides is 3. The van der Waals surface area contributed by atoms with Crippen LogP contribution in [0.15, 0.2) is 35.6 Å². The fourth-order valence-electron chi connectivity index (χ4n) is 3.39. The maximum atomic E-state index is 13.0. The lowest BCUT2D eigenvalue weighted by Gasteiger charge is -2.35. The van der Waals surface area contributed by atoms with Crippen LogP contribution in [0.2, 0.25) is 0 Å². The molecule has 2 N–H and O–H groups in total. The van der Waals surface area contributed by atoms with Crippen LogP contribution in [0.4, 0.5) is 13.2 Å². The van der Waals surface area contributed by atoms with Gasteiger partial charge in [-0.15, -0.1) is 0 Å². The standard InChI is InChI=1S/C20H28F3N7O/c1-3-24-19(26-13-18-27-14-28-29(18)2)25-12-17(30-8-10-31-11-9-30)15-4-6-16(7-5-15)20(21,22)23/h4-7,14,17H,3,8-13H2,1-2H3,(H2,24,25,26). The van der Waals surface area contributed by atoms with E-state index in [1.54, 1.807) is 23.9 Å². The van der Waals surface area contributed by atoms with Crippen LogP contribution in [0.1, 0.15) is 29.9 Å². The first kappa shape index (κ1) is 23.0. The average molecular weight is 439 g/mol. The summed E-state index contributed by atoms with van der Waals surface area (Å²) in [7, 11) is 1.80. The number of aromatic nitrogens is 3. The van der Waals surface area contributed by atoms with Crippen molar-refractivity contribution in [3.63, 3.8) is 0 Å². The van der Waals surface area contributed by atoms with Crippen LogP contribution in [0.5, 0.6) is 0 Å². The van der Waals surface area contributed by atoms with Gasteiger partial charge >= 0.3 is 6.18 Å². The quantitative estimate of drug-likeness (QED) is 0.507. The first-order valence-electron chi connectivity index (χ1n) is 10.2. The van der Waals surface area contributed by atoms with Gasteiger partial charge in [-0.25, -0.2) is 9.98 Å². The van der Waals surface area contributed by atoms with E-state index in [1.807, 2.05) is 6.92 Å². The molecule has 0 bridgehead atoms. The predicted molar refractivity (Wildman–Crippen MR) is 110 cm³/mol. The maximum Gasteiger partial charge on any atom is 0.416 e. The molecule has 1 unspecified atom stereocenters. The van der Waals surface area contributed by atoms with Gasteiger partial charge in [0.15, 0.2) is 5.96 Å². The molecule has 0 aliphatic carbocycles. The SMILES string of the molecule is CCNC(=NCc1ncnn1C)NCC(c1ccc(C(F)(F)F)cc1)N1CCOCC1. The molecule has 11 heteroatoms. The van der Waals surface area contributed by atoms with E-state index in [9.17, 15) is 13.2 Å². The van der Waals surface area contributed by atoms with E-state index in [-0.39, 0.29) is 6.04 Å². The molecule has 3 rings (SSSR count). The second-order valence-corrected chi connectivity index (χ2v) is 7.16. The van der Waals surface area contributed by atoms with E-state index in [0.29, 0.717) is 51.9 Å². The van der Waals surface area contributed by atoms with Gasteiger partial charge in [-0.3, -0.25) is 9.58 Å². The highest BCUT2D eigenvalue weighted by Crippen LogP contribution is 2.31. The summed E-state index contributed by atoms with van der Waals surface area (Å²) in [5.41, 5.74) is 0.162. The van der Waals surface area contributed by atoms with Crippen LogP contribution in [-0.2, 0) is 24.5 Å². The first-order chi connectivity index (χ1) is 14.9. The monoisotopic (exact) mass is 439 g/mol. The van der Waals surface area contributed by atoms with E-state index < -0.39 is 11.7 Å². The van der Waals surface area contributed by atoms with E-state index in [0.717, 1.165) is 23.5 Å². The van der Waals surface area contributed by atoms with Gasteiger partial charge in [-0.2, -0.15) is 18.3 Å².